The lowest BCUT2D eigenvalue weighted by Crippen LogP contribution is -3.00. The van der Waals surface area contributed by atoms with Crippen molar-refractivity contribution in [3.63, 3.8) is 0 Å². The highest BCUT2D eigenvalue weighted by molar-refractivity contribution is 7.89. The van der Waals surface area contributed by atoms with Crippen LogP contribution in [-0.2, 0) is 0 Å². The Kier molecular flexibility index (Phi) is 31.6. The van der Waals surface area contributed by atoms with E-state index in [1.165, 1.54) is 0 Å². The van der Waals surface area contributed by atoms with Gasteiger partial charge in [-0.25, -0.2) is 27.9 Å². The van der Waals surface area contributed by atoms with Crippen molar-refractivity contribution in [3.05, 3.63) is 0 Å². The maximum absolute atomic E-state index is 5.80. The minimum Gasteiger partial charge on any atom is -1.00 e. The van der Waals surface area contributed by atoms with E-state index < -0.39 is 73.9 Å². The van der Waals surface area contributed by atoms with E-state index in [2.05, 4.69) is 282 Å². The number of halogens is 1. The minimum atomic E-state index is -2.97. The zero-order valence-electron chi connectivity index (χ0n) is 51.7. The second-order valence-electron chi connectivity index (χ2n) is 21.4. The molecule has 0 N–H and O–H groups in total. The third-order valence-corrected chi connectivity index (χ3v) is 48.8. The zero-order chi connectivity index (χ0) is 55.9. The molecule has 426 valence electrons. The largest absolute Gasteiger partial charge is 1.00 e. The van der Waals surface area contributed by atoms with Crippen LogP contribution in [0.2, 0.25) is 0 Å². The molecule has 0 aliphatic heterocycles. The fourth-order valence-electron chi connectivity index (χ4n) is 6.47. The monoisotopic (exact) mass is 1210 g/mol. The maximum Gasteiger partial charge on any atom is 0.496 e. The summed E-state index contributed by atoms with van der Waals surface area (Å²) in [5, 5.41) is 0. The summed E-state index contributed by atoms with van der Waals surface area (Å²) in [4.78, 5) is 0. The van der Waals surface area contributed by atoms with Crippen molar-refractivity contribution in [2.45, 2.75) is 0 Å². The van der Waals surface area contributed by atoms with E-state index in [4.69, 9.17) is 40.9 Å². The Balaban J connectivity index is -0.00000127. The highest BCUT2D eigenvalue weighted by atomic mass is 35.5. The normalized spacial score (nSPS) is 14.5. The van der Waals surface area contributed by atoms with Gasteiger partial charge >= 0.3 is 15.4 Å². The summed E-state index contributed by atoms with van der Waals surface area (Å²) < 4.78 is 79.1. The highest BCUT2D eigenvalue weighted by Crippen LogP contribution is 2.84. The SMILES string of the molecule is CN(C)P(C)(=N[P+](N=P(C)(C)C)(N=P(C)(N(C)C)N(C)C)N=P(N(C)C)(N(C)C)N(C)C)N(C)C.CN=P(N=P(N=P(C)(C)C)(N=P(C)(N(C)C)N(C)C)N=P(C)(N(C)C)N(C)C)(N(C)C)N(C)C.[Cl-]. The van der Waals surface area contributed by atoms with Gasteiger partial charge in [0, 0.05) is 27.4 Å². The molecule has 0 aliphatic carbocycles. The number of nitrogens with zero attached hydrogens (tertiary/aromatic N) is 22. The molecule has 0 aromatic heterocycles. The molecule has 0 saturated carbocycles. The topological polar surface area (TPSA) is 153 Å². The third kappa shape index (κ3) is 19.6. The summed E-state index contributed by atoms with van der Waals surface area (Å²) in [6.45, 7) is 22.3. The average Bonchev–Trinajstić information content (AvgIpc) is 3.13. The van der Waals surface area contributed by atoms with Crippen LogP contribution in [0.4, 0.5) is 0 Å². The van der Waals surface area contributed by atoms with Gasteiger partial charge in [-0.1, -0.05) is 4.52 Å². The quantitative estimate of drug-likeness (QED) is 0.101. The molecule has 0 unspecified atom stereocenters. The van der Waals surface area contributed by atoms with E-state index in [9.17, 15) is 0 Å². The van der Waals surface area contributed by atoms with Crippen molar-refractivity contribution in [1.82, 2.24) is 60.7 Å². The third-order valence-electron chi connectivity index (χ3n) is 11.4. The highest BCUT2D eigenvalue weighted by Gasteiger charge is 2.52. The molecule has 0 aromatic carbocycles. The summed E-state index contributed by atoms with van der Waals surface area (Å²) in [7, 11) is 33.7. The van der Waals surface area contributed by atoms with Gasteiger partial charge in [-0.2, -0.15) is 13.5 Å². The van der Waals surface area contributed by atoms with Gasteiger partial charge in [0.2, 0.25) is 15.0 Å². The Morgan fingerprint density at radius 1 is 0.271 bits per heavy atom. The van der Waals surface area contributed by atoms with Crippen LogP contribution in [0.5, 0.6) is 0 Å². The van der Waals surface area contributed by atoms with Crippen LogP contribution in [-0.4, -0.2) is 318 Å². The first-order valence-corrected chi connectivity index (χ1v) is 43.5. The van der Waals surface area contributed by atoms with Crippen LogP contribution in [0.3, 0.4) is 0 Å². The minimum absolute atomic E-state index is 0. The molecule has 0 bridgehead atoms. The van der Waals surface area contributed by atoms with E-state index in [1.54, 1.807) is 0 Å². The molecule has 0 radical (unpaired) electrons. The molecular weight excluding hydrogens is 1100 g/mol. The van der Waals surface area contributed by atoms with Crippen LogP contribution >= 0.6 is 73.9 Å². The predicted molar refractivity (Wildman–Crippen MR) is 334 cm³/mol. The molecule has 70 heavy (non-hydrogen) atoms. The smallest absolute Gasteiger partial charge is 0.496 e. The Morgan fingerprint density at radius 3 is 0.700 bits per heavy atom. The van der Waals surface area contributed by atoms with E-state index in [0.29, 0.717) is 0 Å². The van der Waals surface area contributed by atoms with Crippen molar-refractivity contribution in [2.24, 2.45) is 40.9 Å². The number of hydrogen-bond donors (Lipinski definition) is 0. The molecule has 33 heteroatoms. The number of hydrogen-bond acceptors (Lipinski definition) is 5. The standard InChI is InChI=1S/C19H57N11P5.C18H54N11P5.ClH/c1-24(2)32(18,25(3)4)21-34(20-31(15,16)17,22-33(19,26(5)6)27(7)8)23-35(28(9)10,29(11)12)30(13)14;1-19-34(28(10)11,29(12)13)23-33(20-30(14,15)16,21-31(17,24(2)3)25(4)5)22-32(18,26(6)7)27(8)9;/h1-19H3;1-18H3;1H/q+1;;/p-1. The van der Waals surface area contributed by atoms with Crippen LogP contribution in [0.1, 0.15) is 0 Å². The van der Waals surface area contributed by atoms with Crippen molar-refractivity contribution in [2.75, 3.05) is 257 Å². The molecule has 22 nitrogen and oxygen atoms in total. The van der Waals surface area contributed by atoms with Crippen LogP contribution in [0, 0.1) is 0 Å². The first kappa shape index (κ1) is 76.5. The second-order valence-corrected chi connectivity index (χ2v) is 57.0. The maximum atomic E-state index is 5.80. The summed E-state index contributed by atoms with van der Waals surface area (Å²) in [6.07, 6.45) is 0. The molecule has 0 heterocycles. The lowest BCUT2D eigenvalue weighted by molar-refractivity contribution is -0.0000177. The van der Waals surface area contributed by atoms with Crippen molar-refractivity contribution < 1.29 is 12.4 Å². The van der Waals surface area contributed by atoms with Crippen LogP contribution < -0.4 is 12.4 Å². The van der Waals surface area contributed by atoms with Crippen molar-refractivity contribution in [3.8, 4) is 0 Å². The Labute approximate surface area is 442 Å². The molecule has 0 rings (SSSR count). The van der Waals surface area contributed by atoms with Crippen LogP contribution in [0.25, 0.3) is 0 Å². The van der Waals surface area contributed by atoms with Crippen LogP contribution in [0.15, 0.2) is 40.9 Å². The first-order chi connectivity index (χ1) is 30.5. The summed E-state index contributed by atoms with van der Waals surface area (Å²) in [5.41, 5.74) is 0. The summed E-state index contributed by atoms with van der Waals surface area (Å²) in [6, 6.07) is 0. The predicted octanol–water partition coefficient (Wildman–Crippen LogP) is 9.25. The van der Waals surface area contributed by atoms with Gasteiger partial charge in [-0.05, 0) is 257 Å². The molecule has 0 saturated heterocycles. The van der Waals surface area contributed by atoms with Gasteiger partial charge in [0.1, 0.15) is 29.4 Å². The molecule has 0 atom stereocenters. The molecular formula is C37H111ClN22P10. The lowest BCUT2D eigenvalue weighted by Gasteiger charge is -2.40. The Morgan fingerprint density at radius 2 is 0.529 bits per heavy atom. The van der Waals surface area contributed by atoms with Crippen molar-refractivity contribution >= 4 is 73.9 Å². The van der Waals surface area contributed by atoms with Crippen molar-refractivity contribution in [1.29, 1.82) is 0 Å². The van der Waals surface area contributed by atoms with Gasteiger partial charge in [0.25, 0.3) is 0 Å². The van der Waals surface area contributed by atoms with Gasteiger partial charge in [-0.15, -0.1) is 0 Å². The van der Waals surface area contributed by atoms with Gasteiger partial charge < -0.3 is 12.4 Å². The first-order valence-electron chi connectivity index (χ1n) is 22.5. The van der Waals surface area contributed by atoms with Gasteiger partial charge in [-0.3, -0.25) is 42.1 Å². The fraction of sp³-hybridized carbons (Fsp3) is 1.00. The number of rotatable bonds is 21. The molecule has 0 spiro atoms. The lowest BCUT2D eigenvalue weighted by atomic mass is 11.2. The van der Waals surface area contributed by atoms with E-state index in [0.717, 1.165) is 0 Å². The van der Waals surface area contributed by atoms with E-state index in [-0.39, 0.29) is 12.4 Å². The second kappa shape index (κ2) is 28.9. The van der Waals surface area contributed by atoms with E-state index in [1.807, 2.05) is 35.2 Å². The molecule has 0 aliphatic rings. The fourth-order valence-corrected chi connectivity index (χ4v) is 42.7. The molecule has 0 aromatic rings. The zero-order valence-corrected chi connectivity index (χ0v) is 61.4. The van der Waals surface area contributed by atoms with E-state index >= 15 is 0 Å². The summed E-state index contributed by atoms with van der Waals surface area (Å²) in [5.74, 6) is 0. The molecule has 0 amide bonds. The molecule has 0 fully saturated rings. The van der Waals surface area contributed by atoms with Gasteiger partial charge in [0.15, 0.2) is 0 Å². The van der Waals surface area contributed by atoms with Gasteiger partial charge in [0.05, 0.1) is 0 Å². The summed E-state index contributed by atoms with van der Waals surface area (Å²) >= 11 is 0. The Bertz CT molecular complexity index is 2030. The Hall–Kier alpha value is 2.27. The average molecular weight is 1210 g/mol.